The highest BCUT2D eigenvalue weighted by Crippen LogP contribution is 2.19. The van der Waals surface area contributed by atoms with Gasteiger partial charge in [-0.15, -0.1) is 0 Å². The summed E-state index contributed by atoms with van der Waals surface area (Å²) in [5.74, 6) is -0.410. The first-order chi connectivity index (χ1) is 18.5. The number of Topliss-reactive ketones (excluding diaryl/α,β-unsaturated/α-hetero) is 2. The van der Waals surface area contributed by atoms with Crippen LogP contribution in [0.4, 0.5) is 0 Å². The molecule has 0 aromatic heterocycles. The molecular formula is C32H48N2O4. The number of carbonyl (C=O) groups excluding carboxylic acids is 4. The van der Waals surface area contributed by atoms with Crippen LogP contribution in [0.3, 0.4) is 0 Å². The maximum Gasteiger partial charge on any atom is 0.220 e. The molecule has 2 heterocycles. The monoisotopic (exact) mass is 524 g/mol. The van der Waals surface area contributed by atoms with Gasteiger partial charge in [-0.05, 0) is 31.7 Å². The lowest BCUT2D eigenvalue weighted by Crippen LogP contribution is -2.41. The zero-order valence-electron chi connectivity index (χ0n) is 23.2. The maximum atomic E-state index is 13.5. The van der Waals surface area contributed by atoms with Crippen molar-refractivity contribution in [2.45, 2.75) is 141 Å². The molecule has 38 heavy (non-hydrogen) atoms. The molecule has 0 radical (unpaired) electrons. The van der Waals surface area contributed by atoms with Crippen molar-refractivity contribution in [3.8, 4) is 0 Å². The Kier molecular flexibility index (Phi) is 13.6. The molecule has 210 valence electrons. The molecule has 6 heteroatoms. The van der Waals surface area contributed by atoms with E-state index >= 15 is 0 Å². The van der Waals surface area contributed by atoms with E-state index in [1.54, 1.807) is 24.3 Å². The van der Waals surface area contributed by atoms with E-state index in [1.165, 1.54) is 25.7 Å². The van der Waals surface area contributed by atoms with Crippen LogP contribution < -0.4 is 10.6 Å². The molecular weight excluding hydrogens is 476 g/mol. The number of hydrogen-bond donors (Lipinski definition) is 2. The summed E-state index contributed by atoms with van der Waals surface area (Å²) in [6, 6.07) is 5.72. The predicted molar refractivity (Wildman–Crippen MR) is 151 cm³/mol. The van der Waals surface area contributed by atoms with Gasteiger partial charge in [0, 0.05) is 24.0 Å². The Morgan fingerprint density at radius 1 is 0.526 bits per heavy atom. The Labute approximate surface area is 229 Å². The molecule has 2 amide bonds. The van der Waals surface area contributed by atoms with Crippen molar-refractivity contribution in [3.63, 3.8) is 0 Å². The van der Waals surface area contributed by atoms with Gasteiger partial charge in [-0.1, -0.05) is 108 Å². The molecule has 2 aliphatic heterocycles. The van der Waals surface area contributed by atoms with Crippen molar-refractivity contribution >= 4 is 23.4 Å². The van der Waals surface area contributed by atoms with Gasteiger partial charge in [-0.2, -0.15) is 0 Å². The van der Waals surface area contributed by atoms with Crippen molar-refractivity contribution in [3.05, 3.63) is 35.4 Å². The summed E-state index contributed by atoms with van der Waals surface area (Å²) < 4.78 is 0. The molecule has 1 aromatic rings. The standard InChI is InChI=1S/C32H48N2O4/c35-29-22-15-11-7-3-1-5-9-13-20-27(33-29)31(37)25-18-17-19-26(24-25)32(38)28-21-14-10-6-2-4-8-12-16-23-30(36)34-28/h17-19,24,27-28H,1-16,20-23H2,(H,33,35)(H,34,36). The van der Waals surface area contributed by atoms with E-state index in [9.17, 15) is 19.2 Å². The fourth-order valence-electron chi connectivity index (χ4n) is 5.69. The van der Waals surface area contributed by atoms with Crippen LogP contribution >= 0.6 is 0 Å². The maximum absolute atomic E-state index is 13.5. The van der Waals surface area contributed by atoms with Crippen LogP contribution in [0.5, 0.6) is 0 Å². The average Bonchev–Trinajstić information content (AvgIpc) is 2.96. The third-order valence-electron chi connectivity index (χ3n) is 8.03. The third-order valence-corrected chi connectivity index (χ3v) is 8.03. The first kappa shape index (κ1) is 30.0. The number of ketones is 2. The Morgan fingerprint density at radius 2 is 0.868 bits per heavy atom. The van der Waals surface area contributed by atoms with Crippen LogP contribution in [0.25, 0.3) is 0 Å². The Balaban J connectivity index is 1.71. The van der Waals surface area contributed by atoms with Gasteiger partial charge in [0.15, 0.2) is 11.6 Å². The van der Waals surface area contributed by atoms with Gasteiger partial charge in [0.25, 0.3) is 0 Å². The molecule has 2 unspecified atom stereocenters. The quantitative estimate of drug-likeness (QED) is 0.421. The molecule has 1 aromatic carbocycles. The number of hydrogen-bond acceptors (Lipinski definition) is 4. The lowest BCUT2D eigenvalue weighted by molar-refractivity contribution is -0.122. The SMILES string of the molecule is O=C1CCCCCCCCCCC(C(=O)c2cccc(C(=O)C3CCCCCCCCCCC(=O)N3)c2)N1. The largest absolute Gasteiger partial charge is 0.346 e. The molecule has 2 saturated heterocycles. The first-order valence-electron chi connectivity index (χ1n) is 15.3. The summed E-state index contributed by atoms with van der Waals surface area (Å²) in [5.41, 5.74) is 0.892. The smallest absolute Gasteiger partial charge is 0.220 e. The summed E-state index contributed by atoms with van der Waals surface area (Å²) >= 11 is 0. The molecule has 2 fully saturated rings. The molecule has 0 aliphatic carbocycles. The van der Waals surface area contributed by atoms with Gasteiger partial charge in [0.1, 0.15) is 0 Å². The summed E-state index contributed by atoms with van der Waals surface area (Å²) in [6.07, 6.45) is 19.3. The van der Waals surface area contributed by atoms with Crippen molar-refractivity contribution in [1.82, 2.24) is 10.6 Å². The van der Waals surface area contributed by atoms with E-state index in [-0.39, 0.29) is 23.4 Å². The van der Waals surface area contributed by atoms with Crippen molar-refractivity contribution in [2.24, 2.45) is 0 Å². The van der Waals surface area contributed by atoms with Crippen molar-refractivity contribution in [1.29, 1.82) is 0 Å². The van der Waals surface area contributed by atoms with E-state index in [2.05, 4.69) is 10.6 Å². The van der Waals surface area contributed by atoms with Crippen LogP contribution in [-0.2, 0) is 9.59 Å². The van der Waals surface area contributed by atoms with Gasteiger partial charge in [0.2, 0.25) is 11.8 Å². The van der Waals surface area contributed by atoms with Gasteiger partial charge in [-0.3, -0.25) is 19.2 Å². The molecule has 0 bridgehead atoms. The van der Waals surface area contributed by atoms with Gasteiger partial charge < -0.3 is 10.6 Å². The summed E-state index contributed by atoms with van der Waals surface area (Å²) in [4.78, 5) is 52.2. The zero-order valence-corrected chi connectivity index (χ0v) is 23.2. The minimum atomic E-state index is -0.571. The Hall–Kier alpha value is -2.50. The molecule has 2 N–H and O–H groups in total. The van der Waals surface area contributed by atoms with Crippen LogP contribution in [0.1, 0.15) is 149 Å². The van der Waals surface area contributed by atoms with Crippen LogP contribution in [0.15, 0.2) is 24.3 Å². The number of rotatable bonds is 4. The summed E-state index contributed by atoms with van der Waals surface area (Å²) in [6.45, 7) is 0. The zero-order chi connectivity index (χ0) is 27.0. The van der Waals surface area contributed by atoms with Crippen molar-refractivity contribution < 1.29 is 19.2 Å². The second kappa shape index (κ2) is 17.2. The third kappa shape index (κ3) is 10.7. The van der Waals surface area contributed by atoms with Crippen LogP contribution in [-0.4, -0.2) is 35.5 Å². The summed E-state index contributed by atoms with van der Waals surface area (Å²) in [7, 11) is 0. The fraction of sp³-hybridized carbons (Fsp3) is 0.688. The Bertz CT molecular complexity index is 843. The molecule has 6 nitrogen and oxygen atoms in total. The second-order valence-electron chi connectivity index (χ2n) is 11.3. The van der Waals surface area contributed by atoms with Crippen LogP contribution in [0, 0.1) is 0 Å². The highest BCUT2D eigenvalue weighted by molar-refractivity contribution is 6.06. The average molecular weight is 525 g/mol. The van der Waals surface area contributed by atoms with E-state index < -0.39 is 12.1 Å². The predicted octanol–water partition coefficient (Wildman–Crippen LogP) is 6.85. The first-order valence-corrected chi connectivity index (χ1v) is 15.3. The topological polar surface area (TPSA) is 92.3 Å². The van der Waals surface area contributed by atoms with Crippen LogP contribution in [0.2, 0.25) is 0 Å². The lowest BCUT2D eigenvalue weighted by atomic mass is 9.93. The van der Waals surface area contributed by atoms with Gasteiger partial charge >= 0.3 is 0 Å². The lowest BCUT2D eigenvalue weighted by Gasteiger charge is -2.20. The summed E-state index contributed by atoms with van der Waals surface area (Å²) in [5, 5.41) is 5.97. The van der Waals surface area contributed by atoms with Gasteiger partial charge in [-0.25, -0.2) is 0 Å². The minimum absolute atomic E-state index is 0.0680. The highest BCUT2D eigenvalue weighted by atomic mass is 16.2. The van der Waals surface area contributed by atoms with E-state index in [0.29, 0.717) is 36.8 Å². The highest BCUT2D eigenvalue weighted by Gasteiger charge is 2.25. The van der Waals surface area contributed by atoms with Crippen molar-refractivity contribution in [2.75, 3.05) is 0 Å². The number of benzene rings is 1. The minimum Gasteiger partial charge on any atom is -0.346 e. The van der Waals surface area contributed by atoms with E-state index in [1.807, 2.05) is 0 Å². The number of amides is 2. The Morgan fingerprint density at radius 3 is 1.26 bits per heavy atom. The molecule has 3 rings (SSSR count). The van der Waals surface area contributed by atoms with E-state index in [0.717, 1.165) is 77.0 Å². The molecule has 2 aliphatic rings. The number of nitrogens with one attached hydrogen (secondary N) is 2. The molecule has 0 spiro atoms. The second-order valence-corrected chi connectivity index (χ2v) is 11.3. The molecule has 2 atom stereocenters. The molecule has 0 saturated carbocycles. The number of carbonyl (C=O) groups is 4. The van der Waals surface area contributed by atoms with E-state index in [4.69, 9.17) is 0 Å². The van der Waals surface area contributed by atoms with Gasteiger partial charge in [0.05, 0.1) is 12.1 Å². The normalized spacial score (nSPS) is 24.0. The fourth-order valence-corrected chi connectivity index (χ4v) is 5.69.